The summed E-state index contributed by atoms with van der Waals surface area (Å²) in [5, 5.41) is 3.14. The summed E-state index contributed by atoms with van der Waals surface area (Å²) in [6.45, 7) is 0. The van der Waals surface area contributed by atoms with Gasteiger partial charge in [0.05, 0.1) is 29.1 Å². The van der Waals surface area contributed by atoms with Crippen molar-refractivity contribution >= 4 is 62.7 Å². The van der Waals surface area contributed by atoms with E-state index in [-0.39, 0.29) is 5.91 Å². The van der Waals surface area contributed by atoms with Crippen LogP contribution in [0, 0.1) is 0 Å². The lowest BCUT2D eigenvalue weighted by molar-refractivity contribution is -0.119. The lowest BCUT2D eigenvalue weighted by Gasteiger charge is -2.23. The minimum absolute atomic E-state index is 0.155. The third-order valence-electron chi connectivity index (χ3n) is 4.23. The van der Waals surface area contributed by atoms with Crippen molar-refractivity contribution in [2.45, 2.75) is 6.04 Å². The molecule has 1 aliphatic rings. The first-order valence-electron chi connectivity index (χ1n) is 7.50. The van der Waals surface area contributed by atoms with Crippen LogP contribution < -0.4 is 10.2 Å². The van der Waals surface area contributed by atoms with Crippen molar-refractivity contribution in [1.82, 2.24) is 24.0 Å². The normalized spacial score (nSPS) is 17.6. The van der Waals surface area contributed by atoms with Crippen LogP contribution in [0.15, 0.2) is 42.7 Å². The molecule has 1 fully saturated rings. The highest BCUT2D eigenvalue weighted by molar-refractivity contribution is 7.80. The summed E-state index contributed by atoms with van der Waals surface area (Å²) in [4.78, 5) is 21.7. The lowest BCUT2D eigenvalue weighted by Crippen LogP contribution is -2.29. The van der Waals surface area contributed by atoms with Crippen molar-refractivity contribution in [2.24, 2.45) is 0 Å². The van der Waals surface area contributed by atoms with Crippen LogP contribution in [0.2, 0.25) is 0 Å². The number of aromatic amines is 1. The van der Waals surface area contributed by atoms with Crippen LogP contribution >= 0.6 is 23.9 Å². The molecule has 122 valence electrons. The smallest absolute Gasteiger partial charge is 0.253 e. The number of fused-ring (bicyclic) bond motifs is 2. The molecule has 1 atom stereocenters. The van der Waals surface area contributed by atoms with E-state index in [2.05, 4.69) is 24.0 Å². The zero-order valence-electron chi connectivity index (χ0n) is 12.6. The second-order valence-electron chi connectivity index (χ2n) is 5.68. The van der Waals surface area contributed by atoms with E-state index >= 15 is 0 Å². The molecular weight excluding hydrogens is 356 g/mol. The van der Waals surface area contributed by atoms with E-state index in [4.69, 9.17) is 12.2 Å². The largest absolute Gasteiger partial charge is 0.345 e. The molecule has 0 radical (unpaired) electrons. The molecule has 0 bridgehead atoms. The molecule has 2 aromatic carbocycles. The van der Waals surface area contributed by atoms with Crippen LogP contribution in [0.5, 0.6) is 0 Å². The maximum atomic E-state index is 12.6. The molecule has 0 spiro atoms. The highest BCUT2D eigenvalue weighted by Crippen LogP contribution is 2.33. The first-order valence-corrected chi connectivity index (χ1v) is 8.64. The molecule has 2 aromatic heterocycles. The van der Waals surface area contributed by atoms with Gasteiger partial charge in [-0.3, -0.25) is 4.79 Å². The van der Waals surface area contributed by atoms with E-state index in [1.165, 1.54) is 0 Å². The molecule has 1 aliphatic heterocycles. The van der Waals surface area contributed by atoms with Crippen LogP contribution in [-0.4, -0.2) is 29.7 Å². The summed E-state index contributed by atoms with van der Waals surface area (Å²) < 4.78 is 8.47. The van der Waals surface area contributed by atoms with E-state index in [9.17, 15) is 4.79 Å². The third-order valence-corrected chi connectivity index (χ3v) is 5.09. The SMILES string of the molecule is O=C1NC(=S)N(c2ccc3nc[nH]c3c2)C1c1ccc2nsnc2c1. The number of rotatable bonds is 2. The van der Waals surface area contributed by atoms with Crippen molar-refractivity contribution in [3.63, 3.8) is 0 Å². The number of benzene rings is 2. The number of H-pyrrole nitrogens is 1. The number of aromatic nitrogens is 4. The van der Waals surface area contributed by atoms with Gasteiger partial charge in [-0.25, -0.2) is 4.98 Å². The first-order chi connectivity index (χ1) is 12.2. The Hall–Kier alpha value is -2.91. The Morgan fingerprint density at radius 1 is 1.08 bits per heavy atom. The summed E-state index contributed by atoms with van der Waals surface area (Å²) in [5.74, 6) is -0.155. The van der Waals surface area contributed by atoms with Crippen LogP contribution in [0.25, 0.3) is 22.1 Å². The summed E-state index contributed by atoms with van der Waals surface area (Å²) in [5.41, 5.74) is 4.98. The Morgan fingerprint density at radius 2 is 1.92 bits per heavy atom. The average molecular weight is 366 g/mol. The van der Waals surface area contributed by atoms with Gasteiger partial charge in [0.2, 0.25) is 0 Å². The van der Waals surface area contributed by atoms with Crippen LogP contribution in [0.1, 0.15) is 11.6 Å². The number of carbonyl (C=O) groups excluding carboxylic acids is 1. The predicted octanol–water partition coefficient (Wildman–Crippen LogP) is 2.53. The summed E-state index contributed by atoms with van der Waals surface area (Å²) in [7, 11) is 0. The van der Waals surface area contributed by atoms with Gasteiger partial charge in [0, 0.05) is 5.69 Å². The number of thiocarbonyl (C=S) groups is 1. The monoisotopic (exact) mass is 366 g/mol. The van der Waals surface area contributed by atoms with Crippen LogP contribution in [0.4, 0.5) is 5.69 Å². The zero-order valence-corrected chi connectivity index (χ0v) is 14.3. The van der Waals surface area contributed by atoms with E-state index < -0.39 is 6.04 Å². The molecule has 0 saturated carbocycles. The number of hydrogen-bond donors (Lipinski definition) is 2. The minimum atomic E-state index is -0.543. The van der Waals surface area contributed by atoms with Gasteiger partial charge in [-0.1, -0.05) is 6.07 Å². The molecule has 3 heterocycles. The van der Waals surface area contributed by atoms with Crippen LogP contribution in [-0.2, 0) is 4.79 Å². The minimum Gasteiger partial charge on any atom is -0.345 e. The molecule has 9 heteroatoms. The molecule has 0 aliphatic carbocycles. The molecule has 25 heavy (non-hydrogen) atoms. The predicted molar refractivity (Wildman–Crippen MR) is 99.5 cm³/mol. The number of hydrogen-bond acceptors (Lipinski definition) is 6. The maximum Gasteiger partial charge on any atom is 0.253 e. The van der Waals surface area contributed by atoms with E-state index in [0.717, 1.165) is 45.0 Å². The fourth-order valence-corrected chi connectivity index (χ4v) is 3.91. The summed E-state index contributed by atoms with van der Waals surface area (Å²) in [6.07, 6.45) is 1.64. The van der Waals surface area contributed by atoms with Crippen LogP contribution in [0.3, 0.4) is 0 Å². The molecule has 1 unspecified atom stereocenters. The van der Waals surface area contributed by atoms with Gasteiger partial charge in [0.1, 0.15) is 17.1 Å². The van der Waals surface area contributed by atoms with Crippen molar-refractivity contribution in [1.29, 1.82) is 0 Å². The highest BCUT2D eigenvalue weighted by atomic mass is 32.1. The standard InChI is InChI=1S/C16H10N6OS2/c23-15-14(8-1-3-11-13(5-8)21-25-20-11)22(16(24)19-15)9-2-4-10-12(6-9)18-7-17-10/h1-7,14H,(H,17,18)(H,19,23,24). The topological polar surface area (TPSA) is 86.8 Å². The molecule has 7 nitrogen and oxygen atoms in total. The average Bonchev–Trinajstić information content (AvgIpc) is 3.31. The van der Waals surface area contributed by atoms with Crippen molar-refractivity contribution in [2.75, 3.05) is 4.90 Å². The maximum absolute atomic E-state index is 12.6. The summed E-state index contributed by atoms with van der Waals surface area (Å²) >= 11 is 6.55. The van der Waals surface area contributed by atoms with Crippen molar-refractivity contribution < 1.29 is 4.79 Å². The number of carbonyl (C=O) groups is 1. The van der Waals surface area contributed by atoms with E-state index in [1.54, 1.807) is 6.33 Å². The fraction of sp³-hybridized carbons (Fsp3) is 0.0625. The third kappa shape index (κ3) is 2.20. The zero-order chi connectivity index (χ0) is 17.0. The highest BCUT2D eigenvalue weighted by Gasteiger charge is 2.38. The van der Waals surface area contributed by atoms with E-state index in [1.807, 2.05) is 41.3 Å². The Morgan fingerprint density at radius 3 is 2.84 bits per heavy atom. The van der Waals surface area contributed by atoms with Gasteiger partial charge in [0.15, 0.2) is 5.11 Å². The lowest BCUT2D eigenvalue weighted by atomic mass is 10.0. The fourth-order valence-electron chi connectivity index (χ4n) is 3.08. The number of amides is 1. The molecule has 1 amide bonds. The first kappa shape index (κ1) is 14.4. The molecule has 2 N–H and O–H groups in total. The molecular formula is C16H10N6OS2. The quantitative estimate of drug-likeness (QED) is 0.530. The second kappa shape index (κ2) is 5.30. The van der Waals surface area contributed by atoms with Crippen molar-refractivity contribution in [3.05, 3.63) is 48.3 Å². The number of nitrogens with one attached hydrogen (secondary N) is 2. The van der Waals surface area contributed by atoms with Gasteiger partial charge in [-0.05, 0) is 48.1 Å². The van der Waals surface area contributed by atoms with Gasteiger partial charge >= 0.3 is 0 Å². The Labute approximate surface area is 151 Å². The molecule has 4 aromatic rings. The van der Waals surface area contributed by atoms with Gasteiger partial charge in [-0.15, -0.1) is 0 Å². The second-order valence-corrected chi connectivity index (χ2v) is 6.60. The Balaban J connectivity index is 1.64. The van der Waals surface area contributed by atoms with Gasteiger partial charge in [0.25, 0.3) is 5.91 Å². The number of imidazole rings is 1. The Bertz CT molecular complexity index is 1060. The molecule has 5 rings (SSSR count). The van der Waals surface area contributed by atoms with E-state index in [0.29, 0.717) is 5.11 Å². The number of nitrogens with zero attached hydrogens (tertiary/aromatic N) is 4. The number of anilines is 1. The molecule has 1 saturated heterocycles. The summed E-state index contributed by atoms with van der Waals surface area (Å²) in [6, 6.07) is 10.9. The van der Waals surface area contributed by atoms with Crippen molar-refractivity contribution in [3.8, 4) is 0 Å². The van der Waals surface area contributed by atoms with Gasteiger partial charge < -0.3 is 15.2 Å². The Kier molecular flexibility index (Phi) is 3.06. The van der Waals surface area contributed by atoms with Gasteiger partial charge in [-0.2, -0.15) is 8.75 Å².